The van der Waals surface area contributed by atoms with Crippen LogP contribution < -0.4 is 4.72 Å². The lowest BCUT2D eigenvalue weighted by molar-refractivity contribution is -0.326. The molecule has 14 nitrogen and oxygen atoms in total. The highest BCUT2D eigenvalue weighted by Crippen LogP contribution is 2.29. The van der Waals surface area contributed by atoms with E-state index >= 15 is 0 Å². The number of ether oxygens (including phenoxy) is 3. The van der Waals surface area contributed by atoms with Crippen LogP contribution >= 0.6 is 0 Å². The molecule has 8 N–H and O–H groups in total. The van der Waals surface area contributed by atoms with Crippen LogP contribution in [0, 0.1) is 0 Å². The molecule has 0 radical (unpaired) electrons. The number of rotatable bonds is 6. The highest BCUT2D eigenvalue weighted by molar-refractivity contribution is 7.83. The smallest absolute Gasteiger partial charge is 0.335 e. The second kappa shape index (κ2) is 8.76. The van der Waals surface area contributed by atoms with Gasteiger partial charge in [0.2, 0.25) is 6.36 Å². The van der Waals surface area contributed by atoms with Gasteiger partial charge in [0, 0.05) is 0 Å². The third-order valence-corrected chi connectivity index (χ3v) is 4.80. The lowest BCUT2D eigenvalue weighted by atomic mass is 9.96. The number of aliphatic carboxylic acids is 1. The maximum Gasteiger partial charge on any atom is 0.335 e. The third-order valence-electron chi connectivity index (χ3n) is 4.23. The van der Waals surface area contributed by atoms with Crippen molar-refractivity contribution >= 4 is 16.3 Å². The Balaban J connectivity index is 2.32. The normalized spacial score (nSPS) is 45.0. The van der Waals surface area contributed by atoms with Crippen LogP contribution in [0.25, 0.3) is 0 Å². The molecule has 2 aliphatic rings. The number of carboxylic acids is 1. The number of carboxylic acid groups (broad SMARTS) is 1. The summed E-state index contributed by atoms with van der Waals surface area (Å²) in [4.78, 5) is 11.3. The van der Waals surface area contributed by atoms with Crippen LogP contribution in [0.3, 0.4) is 0 Å². The van der Waals surface area contributed by atoms with Crippen LogP contribution in [0.5, 0.6) is 0 Å². The van der Waals surface area contributed by atoms with Crippen LogP contribution in [0.2, 0.25) is 0 Å². The molecule has 16 heteroatoms. The highest BCUT2D eigenvalue weighted by atomic mass is 32.2. The molecule has 2 saturated heterocycles. The third kappa shape index (κ3) is 4.92. The van der Waals surface area contributed by atoms with E-state index in [-0.39, 0.29) is 0 Å². The number of aliphatic hydroxyl groups excluding tert-OH is 5. The van der Waals surface area contributed by atoms with Crippen LogP contribution in [0.4, 0.5) is 4.39 Å². The number of carbonyl (C=O) groups is 1. The van der Waals surface area contributed by atoms with Gasteiger partial charge in [-0.3, -0.25) is 4.55 Å². The van der Waals surface area contributed by atoms with Crippen molar-refractivity contribution in [1.29, 1.82) is 0 Å². The first-order valence-electron chi connectivity index (χ1n) is 7.78. The lowest BCUT2D eigenvalue weighted by Crippen LogP contribution is -2.67. The molecular weight excluding hydrogens is 417 g/mol. The summed E-state index contributed by atoms with van der Waals surface area (Å²) in [5.41, 5.74) is 0. The first kappa shape index (κ1) is 23.2. The van der Waals surface area contributed by atoms with Crippen molar-refractivity contribution in [3.63, 3.8) is 0 Å². The summed E-state index contributed by atoms with van der Waals surface area (Å²) in [7, 11) is -5.00. The van der Waals surface area contributed by atoms with E-state index in [0.29, 0.717) is 0 Å². The van der Waals surface area contributed by atoms with Gasteiger partial charge in [-0.1, -0.05) is 0 Å². The standard InChI is InChI=1S/C12H20FNO13S/c13-10-7(19)6(18)8(9(26-10)11(20)21)27-12-3(14-28(22,23)24)5(17)4(16)2(1-15)25-12/h2-10,12,14-19H,1H2,(H,20,21)(H,22,23,24)/t2-,3-,4-,5-,6-,7-,8+,9+,10-,12-/m1/s1. The Hall–Kier alpha value is -1.05. The maximum atomic E-state index is 13.5. The zero-order chi connectivity index (χ0) is 21.4. The van der Waals surface area contributed by atoms with Crippen LogP contribution in [0.1, 0.15) is 0 Å². The fourth-order valence-corrected chi connectivity index (χ4v) is 3.42. The molecule has 0 saturated carbocycles. The second-order valence-corrected chi connectivity index (χ2v) is 7.34. The first-order chi connectivity index (χ1) is 12.9. The predicted octanol–water partition coefficient (Wildman–Crippen LogP) is -4.93. The van der Waals surface area contributed by atoms with E-state index in [1.807, 2.05) is 0 Å². The van der Waals surface area contributed by atoms with E-state index in [0.717, 1.165) is 0 Å². The SMILES string of the molecule is O=C(O)[C@H]1O[C@@H](F)[C@H](O)[C@@H](O)[C@@H]1O[C@H]1O[C@H](CO)[C@@H](O)[C@H](O)[C@H]1NS(=O)(=O)O. The number of hydrogen-bond acceptors (Lipinski definition) is 11. The molecule has 2 fully saturated rings. The Kier molecular flexibility index (Phi) is 7.27. The summed E-state index contributed by atoms with van der Waals surface area (Å²) in [6.07, 6.45) is -18.6. The second-order valence-electron chi connectivity index (χ2n) is 6.15. The van der Waals surface area contributed by atoms with E-state index in [2.05, 4.69) is 4.74 Å². The van der Waals surface area contributed by atoms with Crippen molar-refractivity contribution in [2.45, 2.75) is 61.4 Å². The average molecular weight is 437 g/mol. The zero-order valence-corrected chi connectivity index (χ0v) is 14.7. The van der Waals surface area contributed by atoms with Crippen LogP contribution in [-0.2, 0) is 29.3 Å². The molecule has 2 aliphatic heterocycles. The van der Waals surface area contributed by atoms with Gasteiger partial charge in [0.1, 0.15) is 42.7 Å². The molecule has 28 heavy (non-hydrogen) atoms. The average Bonchev–Trinajstić information content (AvgIpc) is 2.59. The van der Waals surface area contributed by atoms with Gasteiger partial charge in [0.25, 0.3) is 0 Å². The van der Waals surface area contributed by atoms with Gasteiger partial charge in [-0.05, 0) is 0 Å². The molecule has 0 aromatic carbocycles. The van der Waals surface area contributed by atoms with Gasteiger partial charge in [-0.2, -0.15) is 13.1 Å². The zero-order valence-electron chi connectivity index (χ0n) is 13.8. The van der Waals surface area contributed by atoms with E-state index in [9.17, 15) is 43.1 Å². The molecule has 10 atom stereocenters. The maximum absolute atomic E-state index is 13.5. The molecule has 0 aliphatic carbocycles. The summed E-state index contributed by atoms with van der Waals surface area (Å²) in [6.45, 7) is -0.891. The molecule has 0 aromatic rings. The molecule has 0 amide bonds. The van der Waals surface area contributed by atoms with E-state index in [4.69, 9.17) is 19.1 Å². The minimum atomic E-state index is -5.00. The Morgan fingerprint density at radius 1 is 1.07 bits per heavy atom. The molecular formula is C12H20FNO13S. The number of nitrogens with one attached hydrogen (secondary N) is 1. The quantitative estimate of drug-likeness (QED) is 0.182. The van der Waals surface area contributed by atoms with Crippen molar-refractivity contribution in [1.82, 2.24) is 4.72 Å². The fourth-order valence-electron chi connectivity index (χ4n) is 2.83. The lowest BCUT2D eigenvalue weighted by Gasteiger charge is -2.45. The van der Waals surface area contributed by atoms with Gasteiger partial charge in [-0.15, -0.1) is 0 Å². The van der Waals surface area contributed by atoms with E-state index in [1.165, 1.54) is 4.72 Å². The Bertz CT molecular complexity index is 664. The summed E-state index contributed by atoms with van der Waals surface area (Å²) >= 11 is 0. The number of halogens is 1. The molecule has 2 rings (SSSR count). The molecule has 164 valence electrons. The molecule has 0 unspecified atom stereocenters. The number of hydrogen-bond donors (Lipinski definition) is 8. The monoisotopic (exact) mass is 437 g/mol. The fraction of sp³-hybridized carbons (Fsp3) is 0.917. The summed E-state index contributed by atoms with van der Waals surface area (Å²) in [5.74, 6) is -1.81. The van der Waals surface area contributed by atoms with Crippen molar-refractivity contribution in [3.8, 4) is 0 Å². The Morgan fingerprint density at radius 3 is 2.18 bits per heavy atom. The topological polar surface area (TPSA) is 233 Å². The van der Waals surface area contributed by atoms with Gasteiger partial charge in [-0.25, -0.2) is 9.18 Å². The van der Waals surface area contributed by atoms with Crippen molar-refractivity contribution in [2.75, 3.05) is 6.61 Å². The highest BCUT2D eigenvalue weighted by Gasteiger charge is 2.53. The number of aliphatic hydroxyl groups is 5. The van der Waals surface area contributed by atoms with Crippen molar-refractivity contribution < 1.29 is 67.0 Å². The van der Waals surface area contributed by atoms with E-state index < -0.39 is 84.3 Å². The van der Waals surface area contributed by atoms with Gasteiger partial charge in [0.15, 0.2) is 12.4 Å². The largest absolute Gasteiger partial charge is 0.479 e. The van der Waals surface area contributed by atoms with E-state index in [1.54, 1.807) is 0 Å². The van der Waals surface area contributed by atoms with Crippen molar-refractivity contribution in [2.24, 2.45) is 0 Å². The molecule has 2 heterocycles. The van der Waals surface area contributed by atoms with Gasteiger partial charge in [0.05, 0.1) is 6.61 Å². The summed E-state index contributed by atoms with van der Waals surface area (Å²) < 4.78 is 60.7. The van der Waals surface area contributed by atoms with Gasteiger partial charge >= 0.3 is 16.3 Å². The van der Waals surface area contributed by atoms with Crippen LogP contribution in [0.15, 0.2) is 0 Å². The first-order valence-corrected chi connectivity index (χ1v) is 9.22. The predicted molar refractivity (Wildman–Crippen MR) is 80.5 cm³/mol. The molecule has 0 bridgehead atoms. The molecule has 0 spiro atoms. The molecule has 0 aromatic heterocycles. The van der Waals surface area contributed by atoms with Gasteiger partial charge < -0.3 is 44.8 Å². The minimum Gasteiger partial charge on any atom is -0.479 e. The summed E-state index contributed by atoms with van der Waals surface area (Å²) in [5, 5.41) is 57.7. The number of alkyl halides is 1. The Labute approximate surface area is 156 Å². The minimum absolute atomic E-state index is 0.891. The van der Waals surface area contributed by atoms with Crippen molar-refractivity contribution in [3.05, 3.63) is 0 Å². The summed E-state index contributed by atoms with van der Waals surface area (Å²) in [6, 6.07) is -1.95. The van der Waals surface area contributed by atoms with Crippen LogP contribution in [-0.4, -0.2) is 118 Å². The Morgan fingerprint density at radius 2 is 1.68 bits per heavy atom.